The average molecular weight is 239 g/mol. The molecule has 0 saturated carbocycles. The number of aromatic amines is 1. The number of likely N-dealkylation sites (N-methyl/N-ethyl adjacent to an activating group) is 1. The van der Waals surface area contributed by atoms with Gasteiger partial charge in [0.05, 0.1) is 18.3 Å². The molecule has 0 aliphatic heterocycles. The summed E-state index contributed by atoms with van der Waals surface area (Å²) in [6.07, 6.45) is 0. The van der Waals surface area contributed by atoms with Gasteiger partial charge in [0.25, 0.3) is 11.5 Å². The fourth-order valence-corrected chi connectivity index (χ4v) is 1.26. The molecule has 0 aliphatic carbocycles. The zero-order chi connectivity index (χ0) is 13.2. The van der Waals surface area contributed by atoms with Crippen molar-refractivity contribution < 1.29 is 9.90 Å². The molecule has 0 aliphatic rings. The second kappa shape index (κ2) is 5.09. The van der Waals surface area contributed by atoms with E-state index in [0.29, 0.717) is 11.4 Å². The second-order valence-electron chi connectivity index (χ2n) is 4.07. The number of carbonyl (C=O) groups is 1. The van der Waals surface area contributed by atoms with Crippen LogP contribution >= 0.6 is 0 Å². The quantitative estimate of drug-likeness (QED) is 0.767. The van der Waals surface area contributed by atoms with E-state index in [1.54, 1.807) is 20.8 Å². The van der Waals surface area contributed by atoms with Crippen molar-refractivity contribution in [2.75, 3.05) is 13.7 Å². The molecule has 0 aromatic carbocycles. The highest BCUT2D eigenvalue weighted by atomic mass is 16.3. The Kier molecular flexibility index (Phi) is 4.01. The molecule has 1 aromatic heterocycles. The lowest BCUT2D eigenvalue weighted by molar-refractivity contribution is 0.0674. The summed E-state index contributed by atoms with van der Waals surface area (Å²) in [5.41, 5.74) is 0.605. The first-order valence-corrected chi connectivity index (χ1v) is 5.34. The third-order valence-electron chi connectivity index (χ3n) is 2.79. The molecule has 0 fully saturated rings. The maximum atomic E-state index is 12.0. The van der Waals surface area contributed by atoms with Crippen LogP contribution in [0.3, 0.4) is 0 Å². The Labute approximate surface area is 99.3 Å². The summed E-state index contributed by atoms with van der Waals surface area (Å²) in [5, 5.41) is 8.97. The summed E-state index contributed by atoms with van der Waals surface area (Å²) in [4.78, 5) is 31.4. The fraction of sp³-hybridized carbons (Fsp3) is 0.545. The third kappa shape index (κ3) is 2.71. The van der Waals surface area contributed by atoms with Gasteiger partial charge in [-0.1, -0.05) is 0 Å². The molecule has 1 rings (SSSR count). The molecule has 0 radical (unpaired) electrons. The number of aryl methyl sites for hydroxylation is 2. The largest absolute Gasteiger partial charge is 0.394 e. The number of rotatable bonds is 3. The molecule has 1 heterocycles. The highest BCUT2D eigenvalue weighted by molar-refractivity contribution is 5.92. The SMILES string of the molecule is Cc1nc(C(=O)N(C)C(C)CO)c(=O)[nH]c1C. The standard InChI is InChI=1S/C11H17N3O3/c1-6(5-15)14(4)11(17)9-10(16)13-8(3)7(2)12-9/h6,15H,5H2,1-4H3,(H,13,16). The molecule has 6 nitrogen and oxygen atoms in total. The van der Waals surface area contributed by atoms with Gasteiger partial charge >= 0.3 is 0 Å². The van der Waals surface area contributed by atoms with Gasteiger partial charge in [0.2, 0.25) is 0 Å². The Morgan fingerprint density at radius 1 is 1.53 bits per heavy atom. The third-order valence-corrected chi connectivity index (χ3v) is 2.79. The van der Waals surface area contributed by atoms with E-state index < -0.39 is 11.5 Å². The van der Waals surface area contributed by atoms with E-state index in [1.165, 1.54) is 11.9 Å². The predicted octanol–water partition coefficient (Wildman–Crippen LogP) is -0.160. The van der Waals surface area contributed by atoms with E-state index in [4.69, 9.17) is 5.11 Å². The van der Waals surface area contributed by atoms with Crippen molar-refractivity contribution in [1.29, 1.82) is 0 Å². The Morgan fingerprint density at radius 3 is 2.65 bits per heavy atom. The van der Waals surface area contributed by atoms with Crippen molar-refractivity contribution >= 4 is 5.91 Å². The lowest BCUT2D eigenvalue weighted by Gasteiger charge is -2.22. The van der Waals surface area contributed by atoms with Crippen molar-refractivity contribution in [3.05, 3.63) is 27.4 Å². The summed E-state index contributed by atoms with van der Waals surface area (Å²) < 4.78 is 0. The van der Waals surface area contributed by atoms with Crippen molar-refractivity contribution in [3.8, 4) is 0 Å². The van der Waals surface area contributed by atoms with Gasteiger partial charge in [-0.2, -0.15) is 0 Å². The summed E-state index contributed by atoms with van der Waals surface area (Å²) in [6.45, 7) is 4.97. The van der Waals surface area contributed by atoms with E-state index in [-0.39, 0.29) is 18.3 Å². The van der Waals surface area contributed by atoms with E-state index in [0.717, 1.165) is 0 Å². The molecule has 1 amide bonds. The van der Waals surface area contributed by atoms with Crippen LogP contribution in [0.1, 0.15) is 28.8 Å². The number of nitrogens with one attached hydrogen (secondary N) is 1. The van der Waals surface area contributed by atoms with Gasteiger partial charge in [-0.3, -0.25) is 9.59 Å². The Bertz CT molecular complexity index is 481. The maximum absolute atomic E-state index is 12.0. The van der Waals surface area contributed by atoms with E-state index in [2.05, 4.69) is 9.97 Å². The van der Waals surface area contributed by atoms with Crippen molar-refractivity contribution in [1.82, 2.24) is 14.9 Å². The van der Waals surface area contributed by atoms with Crippen LogP contribution in [0.25, 0.3) is 0 Å². The Hall–Kier alpha value is -1.69. The van der Waals surface area contributed by atoms with Crippen LogP contribution < -0.4 is 5.56 Å². The molecule has 17 heavy (non-hydrogen) atoms. The molecule has 1 unspecified atom stereocenters. The molecular formula is C11H17N3O3. The van der Waals surface area contributed by atoms with Crippen molar-refractivity contribution in [3.63, 3.8) is 0 Å². The van der Waals surface area contributed by atoms with Gasteiger partial charge < -0.3 is 15.0 Å². The van der Waals surface area contributed by atoms with Crippen LogP contribution in [-0.4, -0.2) is 45.6 Å². The molecular weight excluding hydrogens is 222 g/mol. The van der Waals surface area contributed by atoms with Crippen molar-refractivity contribution in [2.24, 2.45) is 0 Å². The first-order chi connectivity index (χ1) is 7.88. The van der Waals surface area contributed by atoms with Gasteiger partial charge in [-0.05, 0) is 20.8 Å². The molecule has 0 spiro atoms. The summed E-state index contributed by atoms with van der Waals surface area (Å²) in [6, 6.07) is -0.356. The monoisotopic (exact) mass is 239 g/mol. The molecule has 2 N–H and O–H groups in total. The van der Waals surface area contributed by atoms with Crippen LogP contribution in [0.15, 0.2) is 4.79 Å². The minimum absolute atomic E-state index is 0.143. The van der Waals surface area contributed by atoms with Gasteiger partial charge in [0.15, 0.2) is 5.69 Å². The number of aromatic nitrogens is 2. The summed E-state index contributed by atoms with van der Waals surface area (Å²) >= 11 is 0. The number of amides is 1. The van der Waals surface area contributed by atoms with Gasteiger partial charge in [-0.15, -0.1) is 0 Å². The predicted molar refractivity (Wildman–Crippen MR) is 63.0 cm³/mol. The number of hydrogen-bond acceptors (Lipinski definition) is 4. The molecule has 94 valence electrons. The zero-order valence-electron chi connectivity index (χ0n) is 10.4. The molecule has 0 saturated heterocycles. The molecule has 1 atom stereocenters. The van der Waals surface area contributed by atoms with E-state index in [9.17, 15) is 9.59 Å². The highest BCUT2D eigenvalue weighted by Crippen LogP contribution is 2.02. The number of hydrogen-bond donors (Lipinski definition) is 2. The number of aliphatic hydroxyl groups is 1. The van der Waals surface area contributed by atoms with E-state index in [1.807, 2.05) is 0 Å². The molecule has 1 aromatic rings. The Balaban J connectivity index is 3.13. The minimum Gasteiger partial charge on any atom is -0.394 e. The van der Waals surface area contributed by atoms with Gasteiger partial charge in [0.1, 0.15) is 0 Å². The zero-order valence-corrected chi connectivity index (χ0v) is 10.4. The smallest absolute Gasteiger partial charge is 0.279 e. The lowest BCUT2D eigenvalue weighted by Crippen LogP contribution is -2.40. The van der Waals surface area contributed by atoms with Crippen LogP contribution in [0, 0.1) is 13.8 Å². The van der Waals surface area contributed by atoms with Gasteiger partial charge in [0, 0.05) is 12.7 Å². The number of carbonyl (C=O) groups excluding carboxylic acids is 1. The topological polar surface area (TPSA) is 86.3 Å². The van der Waals surface area contributed by atoms with Crippen molar-refractivity contribution in [2.45, 2.75) is 26.8 Å². The van der Waals surface area contributed by atoms with Gasteiger partial charge in [-0.25, -0.2) is 4.98 Å². The van der Waals surface area contributed by atoms with Crippen LogP contribution in [0.4, 0.5) is 0 Å². The number of H-pyrrole nitrogens is 1. The minimum atomic E-state index is -0.505. The highest BCUT2D eigenvalue weighted by Gasteiger charge is 2.21. The fourth-order valence-electron chi connectivity index (χ4n) is 1.26. The van der Waals surface area contributed by atoms with Crippen LogP contribution in [0.2, 0.25) is 0 Å². The summed E-state index contributed by atoms with van der Waals surface area (Å²) in [5.74, 6) is -0.490. The molecule has 0 bridgehead atoms. The lowest BCUT2D eigenvalue weighted by atomic mass is 10.2. The number of nitrogens with zero attached hydrogens (tertiary/aromatic N) is 2. The average Bonchev–Trinajstić information content (AvgIpc) is 2.31. The first kappa shape index (κ1) is 13.4. The van der Waals surface area contributed by atoms with E-state index >= 15 is 0 Å². The Morgan fingerprint density at radius 2 is 2.12 bits per heavy atom. The normalized spacial score (nSPS) is 12.3. The maximum Gasteiger partial charge on any atom is 0.279 e. The van der Waals surface area contributed by atoms with Crippen LogP contribution in [-0.2, 0) is 0 Å². The van der Waals surface area contributed by atoms with Crippen LogP contribution in [0.5, 0.6) is 0 Å². The second-order valence-corrected chi connectivity index (χ2v) is 4.07. The number of aliphatic hydroxyl groups excluding tert-OH is 1. The summed E-state index contributed by atoms with van der Waals surface area (Å²) in [7, 11) is 1.53. The first-order valence-electron chi connectivity index (χ1n) is 5.34. The molecule has 6 heteroatoms.